The Morgan fingerprint density at radius 3 is 1.69 bits per heavy atom. The van der Waals surface area contributed by atoms with Gasteiger partial charge in [-0.15, -0.1) is 0 Å². The average Bonchev–Trinajstić information content (AvgIpc) is 3.87. The summed E-state index contributed by atoms with van der Waals surface area (Å²) < 4.78 is 6.63. The van der Waals surface area contributed by atoms with Crippen LogP contribution in [0.25, 0.3) is 66.1 Å². The molecular formula is C59H39NO. The number of hydrogen-bond donors (Lipinski definition) is 0. The molecule has 1 heterocycles. The number of para-hydroxylation sites is 3. The van der Waals surface area contributed by atoms with Crippen LogP contribution in [0.4, 0.5) is 17.1 Å². The van der Waals surface area contributed by atoms with E-state index in [4.69, 9.17) is 4.42 Å². The zero-order valence-corrected chi connectivity index (χ0v) is 33.4. The highest BCUT2D eigenvalue weighted by Crippen LogP contribution is 2.58. The van der Waals surface area contributed by atoms with Gasteiger partial charge in [0, 0.05) is 33.0 Å². The molecule has 0 N–H and O–H groups in total. The van der Waals surface area contributed by atoms with Gasteiger partial charge in [0.15, 0.2) is 0 Å². The highest BCUT2D eigenvalue weighted by Gasteiger charge is 2.46. The van der Waals surface area contributed by atoms with Crippen LogP contribution in [0.15, 0.2) is 241 Å². The highest BCUT2D eigenvalue weighted by atomic mass is 16.3. The molecule has 0 aliphatic heterocycles. The largest absolute Gasteiger partial charge is 0.455 e. The topological polar surface area (TPSA) is 16.4 Å². The fourth-order valence-corrected chi connectivity index (χ4v) is 10.2. The van der Waals surface area contributed by atoms with Gasteiger partial charge in [-0.1, -0.05) is 206 Å². The molecule has 0 spiro atoms. The van der Waals surface area contributed by atoms with Crippen molar-refractivity contribution in [2.75, 3.05) is 4.90 Å². The van der Waals surface area contributed by atoms with Gasteiger partial charge in [0.1, 0.15) is 11.2 Å². The minimum Gasteiger partial charge on any atom is -0.455 e. The molecule has 2 heteroatoms. The number of hydrogen-bond acceptors (Lipinski definition) is 2. The minimum atomic E-state index is -0.456. The molecule has 1 aliphatic rings. The van der Waals surface area contributed by atoms with E-state index in [1.54, 1.807) is 0 Å². The van der Waals surface area contributed by atoms with Crippen molar-refractivity contribution in [3.05, 3.63) is 259 Å². The third-order valence-corrected chi connectivity index (χ3v) is 12.8. The first kappa shape index (κ1) is 35.0. The predicted molar refractivity (Wildman–Crippen MR) is 254 cm³/mol. The molecule has 1 aliphatic carbocycles. The lowest BCUT2D eigenvalue weighted by atomic mass is 9.67. The van der Waals surface area contributed by atoms with E-state index in [0.717, 1.165) is 50.1 Å². The standard InChI is InChI=1S/C59H39NO/c1-3-20-42(21-4-1)59(43-22-5-2-6-23-43)52-31-12-9-27-51(52)57-46(28-17-32-53(57)59)41-36-38-44(39-37-41)60(54-34-15-19-40-18-7-8-24-45(40)54)55-33-13-10-25-47(55)49-29-16-30-50-48-26-11-14-35-56(48)61-58(49)50/h1-39H. The maximum atomic E-state index is 6.63. The van der Waals surface area contributed by atoms with Gasteiger partial charge < -0.3 is 9.32 Å². The summed E-state index contributed by atoms with van der Waals surface area (Å²) in [5.74, 6) is 0. The smallest absolute Gasteiger partial charge is 0.143 e. The van der Waals surface area contributed by atoms with Crippen molar-refractivity contribution in [3.8, 4) is 33.4 Å². The van der Waals surface area contributed by atoms with Gasteiger partial charge in [-0.25, -0.2) is 0 Å². The van der Waals surface area contributed by atoms with Crippen molar-refractivity contribution in [2.45, 2.75) is 5.41 Å². The number of rotatable bonds is 7. The van der Waals surface area contributed by atoms with E-state index in [0.29, 0.717) is 0 Å². The summed E-state index contributed by atoms with van der Waals surface area (Å²) in [5, 5.41) is 4.61. The molecule has 0 amide bonds. The molecule has 0 saturated carbocycles. The lowest BCUT2D eigenvalue weighted by molar-refractivity contribution is 0.670. The summed E-state index contributed by atoms with van der Waals surface area (Å²) in [4.78, 5) is 2.42. The van der Waals surface area contributed by atoms with E-state index in [1.807, 2.05) is 6.07 Å². The van der Waals surface area contributed by atoms with Crippen molar-refractivity contribution in [1.29, 1.82) is 0 Å². The Kier molecular flexibility index (Phi) is 8.11. The maximum Gasteiger partial charge on any atom is 0.143 e. The van der Waals surface area contributed by atoms with Crippen LogP contribution in [0.5, 0.6) is 0 Å². The summed E-state index contributed by atoms with van der Waals surface area (Å²) in [6.07, 6.45) is 0. The lowest BCUT2D eigenvalue weighted by Crippen LogP contribution is -2.28. The van der Waals surface area contributed by atoms with Crippen LogP contribution >= 0.6 is 0 Å². The Hall–Kier alpha value is -7.94. The van der Waals surface area contributed by atoms with E-state index in [-0.39, 0.29) is 0 Å². The van der Waals surface area contributed by atoms with Crippen LogP contribution in [0.2, 0.25) is 0 Å². The van der Waals surface area contributed by atoms with E-state index in [9.17, 15) is 0 Å². The first-order chi connectivity index (χ1) is 30.3. The average molecular weight is 778 g/mol. The fourth-order valence-electron chi connectivity index (χ4n) is 10.2. The van der Waals surface area contributed by atoms with Crippen LogP contribution in [0.1, 0.15) is 22.3 Å². The quantitative estimate of drug-likeness (QED) is 0.160. The number of furan rings is 1. The van der Waals surface area contributed by atoms with E-state index in [2.05, 4.69) is 235 Å². The Labute approximate surface area is 355 Å². The second-order valence-electron chi connectivity index (χ2n) is 15.9. The van der Waals surface area contributed by atoms with Gasteiger partial charge >= 0.3 is 0 Å². The summed E-state index contributed by atoms with van der Waals surface area (Å²) in [7, 11) is 0. The third-order valence-electron chi connectivity index (χ3n) is 12.8. The second kappa shape index (κ2) is 14.1. The number of benzene rings is 10. The van der Waals surface area contributed by atoms with Gasteiger partial charge in [-0.2, -0.15) is 0 Å². The van der Waals surface area contributed by atoms with Crippen LogP contribution in [-0.4, -0.2) is 0 Å². The molecule has 0 radical (unpaired) electrons. The van der Waals surface area contributed by atoms with Crippen molar-refractivity contribution in [2.24, 2.45) is 0 Å². The molecule has 0 fully saturated rings. The van der Waals surface area contributed by atoms with Gasteiger partial charge in [0.05, 0.1) is 16.8 Å². The van der Waals surface area contributed by atoms with Gasteiger partial charge in [0.2, 0.25) is 0 Å². The van der Waals surface area contributed by atoms with E-state index < -0.39 is 5.41 Å². The maximum absolute atomic E-state index is 6.63. The molecule has 286 valence electrons. The first-order valence-corrected chi connectivity index (χ1v) is 21.0. The van der Waals surface area contributed by atoms with Crippen LogP contribution in [-0.2, 0) is 5.41 Å². The fraction of sp³-hybridized carbons (Fsp3) is 0.0169. The molecule has 1 aromatic heterocycles. The Bertz CT molecular complexity index is 3370. The first-order valence-electron chi connectivity index (χ1n) is 21.0. The molecule has 11 aromatic rings. The monoisotopic (exact) mass is 777 g/mol. The summed E-state index contributed by atoms with van der Waals surface area (Å²) in [5.41, 5.74) is 16.8. The van der Waals surface area contributed by atoms with E-state index >= 15 is 0 Å². The Balaban J connectivity index is 1.05. The number of anilines is 3. The van der Waals surface area contributed by atoms with Crippen molar-refractivity contribution in [3.63, 3.8) is 0 Å². The molecule has 0 atom stereocenters. The van der Waals surface area contributed by atoms with Gasteiger partial charge in [0.25, 0.3) is 0 Å². The second-order valence-corrected chi connectivity index (χ2v) is 15.9. The minimum absolute atomic E-state index is 0.456. The van der Waals surface area contributed by atoms with E-state index in [1.165, 1.54) is 55.3 Å². The summed E-state index contributed by atoms with van der Waals surface area (Å²) in [6.45, 7) is 0. The molecule has 61 heavy (non-hydrogen) atoms. The normalized spacial score (nSPS) is 12.7. The van der Waals surface area contributed by atoms with Crippen molar-refractivity contribution in [1.82, 2.24) is 0 Å². The van der Waals surface area contributed by atoms with Crippen LogP contribution in [0, 0.1) is 0 Å². The van der Waals surface area contributed by atoms with Crippen LogP contribution in [0.3, 0.4) is 0 Å². The van der Waals surface area contributed by atoms with Gasteiger partial charge in [-0.05, 0) is 80.2 Å². The number of fused-ring (bicyclic) bond motifs is 7. The highest BCUT2D eigenvalue weighted by molar-refractivity contribution is 6.11. The summed E-state index contributed by atoms with van der Waals surface area (Å²) >= 11 is 0. The molecule has 12 rings (SSSR count). The van der Waals surface area contributed by atoms with Crippen molar-refractivity contribution < 1.29 is 4.42 Å². The zero-order valence-electron chi connectivity index (χ0n) is 33.4. The van der Waals surface area contributed by atoms with Crippen LogP contribution < -0.4 is 4.90 Å². The molecule has 0 bridgehead atoms. The predicted octanol–water partition coefficient (Wildman–Crippen LogP) is 15.9. The molecule has 10 aromatic carbocycles. The Morgan fingerprint density at radius 2 is 0.885 bits per heavy atom. The van der Waals surface area contributed by atoms with Crippen molar-refractivity contribution >= 4 is 49.8 Å². The lowest BCUT2D eigenvalue weighted by Gasteiger charge is -2.34. The summed E-state index contributed by atoms with van der Waals surface area (Å²) in [6, 6.07) is 85.9. The zero-order chi connectivity index (χ0) is 40.3. The third kappa shape index (κ3) is 5.36. The van der Waals surface area contributed by atoms with Gasteiger partial charge in [-0.3, -0.25) is 0 Å². The Morgan fingerprint density at radius 1 is 0.344 bits per heavy atom. The number of nitrogens with zero attached hydrogens (tertiary/aromatic N) is 1. The molecule has 0 saturated heterocycles. The molecular weight excluding hydrogens is 739 g/mol. The molecule has 0 unspecified atom stereocenters. The SMILES string of the molecule is c1ccc(C2(c3ccccc3)c3ccccc3-c3c(-c4ccc(N(c5ccccc5-c5cccc6c5oc5ccccc56)c5cccc6ccccc56)cc4)cccc32)cc1. The molecule has 2 nitrogen and oxygen atoms in total.